The number of nitrogens with zero attached hydrogens (tertiary/aromatic N) is 5. The third kappa shape index (κ3) is 5.84. The zero-order valence-corrected chi connectivity index (χ0v) is 25.3. The fraction of sp³-hybridized carbons (Fsp3) is 0.250. The van der Waals surface area contributed by atoms with Crippen LogP contribution in [0.4, 0.5) is 10.1 Å². The van der Waals surface area contributed by atoms with Gasteiger partial charge >= 0.3 is 0 Å². The normalized spacial score (nSPS) is 11.9. The molecule has 0 aliphatic rings. The number of fused-ring (bicyclic) bond motifs is 1. The number of carbonyl (C=O) groups excluding carboxylic acids is 2. The fourth-order valence-corrected chi connectivity index (χ4v) is 5.00. The Balaban J connectivity index is 1.66. The lowest BCUT2D eigenvalue weighted by Gasteiger charge is -2.17. The molecule has 226 valence electrons. The topological polar surface area (TPSA) is 136 Å². The summed E-state index contributed by atoms with van der Waals surface area (Å²) < 4.78 is 17.3. The number of likely N-dealkylation sites (N-methyl/N-ethyl adjacent to an activating group) is 1. The van der Waals surface area contributed by atoms with Crippen molar-refractivity contribution in [2.45, 2.75) is 40.3 Å². The number of nitrogens with one attached hydrogen (secondary N) is 3. The van der Waals surface area contributed by atoms with E-state index < -0.39 is 17.5 Å². The van der Waals surface area contributed by atoms with Crippen LogP contribution in [0.15, 0.2) is 59.7 Å². The Bertz CT molecular complexity index is 1980. The van der Waals surface area contributed by atoms with Crippen LogP contribution >= 0.6 is 0 Å². The predicted octanol–water partition coefficient (Wildman–Crippen LogP) is 3.66. The van der Waals surface area contributed by atoms with E-state index in [0.717, 1.165) is 22.0 Å². The summed E-state index contributed by atoms with van der Waals surface area (Å²) in [6.45, 7) is 7.17. The van der Waals surface area contributed by atoms with Gasteiger partial charge in [0, 0.05) is 35.8 Å². The van der Waals surface area contributed by atoms with Crippen molar-refractivity contribution in [3.05, 3.63) is 99.2 Å². The monoisotopic (exact) mass is 596 g/mol. The molecule has 0 saturated carbocycles. The first kappa shape index (κ1) is 30.2. The van der Waals surface area contributed by atoms with Crippen LogP contribution in [0.5, 0.6) is 0 Å². The molecule has 2 aromatic carbocycles. The van der Waals surface area contributed by atoms with E-state index in [1.807, 2.05) is 24.6 Å². The summed E-state index contributed by atoms with van der Waals surface area (Å²) in [5.74, 6) is 0.305. The van der Waals surface area contributed by atoms with Crippen LogP contribution in [0.1, 0.15) is 39.9 Å². The van der Waals surface area contributed by atoms with Gasteiger partial charge in [0.2, 0.25) is 5.91 Å². The predicted molar refractivity (Wildman–Crippen MR) is 167 cm³/mol. The number of hydrogen-bond donors (Lipinski definition) is 3. The Labute approximate surface area is 253 Å². The van der Waals surface area contributed by atoms with E-state index in [2.05, 4.69) is 30.9 Å². The molecule has 11 nitrogen and oxygen atoms in total. The van der Waals surface area contributed by atoms with Crippen LogP contribution in [0.25, 0.3) is 28.1 Å². The molecule has 0 bridgehead atoms. The first-order valence-corrected chi connectivity index (χ1v) is 14.0. The number of hydrogen-bond acceptors (Lipinski definition) is 7. The first-order chi connectivity index (χ1) is 21.0. The highest BCUT2D eigenvalue weighted by Gasteiger charge is 2.20. The van der Waals surface area contributed by atoms with E-state index >= 15 is 0 Å². The van der Waals surface area contributed by atoms with Crippen LogP contribution < -0.4 is 21.5 Å². The number of amides is 2. The van der Waals surface area contributed by atoms with Crippen molar-refractivity contribution in [3.8, 4) is 17.2 Å². The molecule has 0 spiro atoms. The summed E-state index contributed by atoms with van der Waals surface area (Å²) in [6, 6.07) is 11.0. The van der Waals surface area contributed by atoms with Crippen LogP contribution in [-0.2, 0) is 11.3 Å². The molecule has 1 atom stereocenters. The van der Waals surface area contributed by atoms with Gasteiger partial charge in [-0.05, 0) is 76.2 Å². The molecular weight excluding hydrogens is 563 g/mol. The lowest BCUT2D eigenvalue weighted by molar-refractivity contribution is -0.117. The molecule has 3 aromatic heterocycles. The van der Waals surface area contributed by atoms with E-state index in [9.17, 15) is 18.8 Å². The fourth-order valence-electron chi connectivity index (χ4n) is 5.00. The number of rotatable bonds is 8. The number of carbonyl (C=O) groups is 2. The smallest absolute Gasteiger partial charge is 0.277 e. The van der Waals surface area contributed by atoms with Gasteiger partial charge in [-0.2, -0.15) is 0 Å². The summed E-state index contributed by atoms with van der Waals surface area (Å²) >= 11 is 0. The molecule has 44 heavy (non-hydrogen) atoms. The molecule has 5 rings (SSSR count). The molecule has 0 fully saturated rings. The molecule has 3 heterocycles. The van der Waals surface area contributed by atoms with Gasteiger partial charge in [0.1, 0.15) is 29.0 Å². The van der Waals surface area contributed by atoms with E-state index in [1.165, 1.54) is 22.9 Å². The quantitative estimate of drug-likeness (QED) is 0.249. The maximum absolute atomic E-state index is 14.0. The van der Waals surface area contributed by atoms with Crippen molar-refractivity contribution in [2.75, 3.05) is 19.4 Å². The van der Waals surface area contributed by atoms with Crippen molar-refractivity contribution in [1.82, 2.24) is 34.7 Å². The number of anilines is 1. The van der Waals surface area contributed by atoms with Gasteiger partial charge in [-0.1, -0.05) is 6.07 Å². The summed E-state index contributed by atoms with van der Waals surface area (Å²) in [5, 5.41) is 8.89. The maximum Gasteiger partial charge on any atom is 0.277 e. The molecule has 5 aromatic rings. The number of benzene rings is 2. The molecule has 0 radical (unpaired) electrons. The Morgan fingerprint density at radius 2 is 1.77 bits per heavy atom. The Hall–Kier alpha value is -5.23. The zero-order chi connectivity index (χ0) is 31.7. The zero-order valence-electron chi connectivity index (χ0n) is 25.3. The standard InChI is InChI=1S/C32H33FN8O3/c1-17-7-8-21(31(43)35-6)11-25(17)29-36-14-26(39-30(42)19(3)34-5)32(44)41(29)16-23-13-28(38-20(4)37-23)40-15-18(2)24-12-22(33)9-10-27(24)40/h7-15,19,34H,16H2,1-6H3,(H,35,43)(H,39,42)/t19-/m0/s1. The minimum absolute atomic E-state index is 0.000940. The molecule has 0 saturated heterocycles. The van der Waals surface area contributed by atoms with Crippen molar-refractivity contribution in [3.63, 3.8) is 0 Å². The number of halogens is 1. The van der Waals surface area contributed by atoms with Crippen molar-refractivity contribution in [1.29, 1.82) is 0 Å². The molecule has 0 aliphatic carbocycles. The highest BCUT2D eigenvalue weighted by molar-refractivity contribution is 5.96. The van der Waals surface area contributed by atoms with Crippen molar-refractivity contribution < 1.29 is 14.0 Å². The molecule has 12 heteroatoms. The third-order valence-electron chi connectivity index (χ3n) is 7.51. The average molecular weight is 597 g/mol. The maximum atomic E-state index is 14.0. The van der Waals surface area contributed by atoms with E-state index in [0.29, 0.717) is 34.3 Å². The summed E-state index contributed by atoms with van der Waals surface area (Å²) in [6.07, 6.45) is 3.20. The number of aromatic nitrogens is 5. The molecule has 3 N–H and O–H groups in total. The average Bonchev–Trinajstić information content (AvgIpc) is 3.33. The lowest BCUT2D eigenvalue weighted by atomic mass is 10.0. The van der Waals surface area contributed by atoms with Crippen LogP contribution in [0.2, 0.25) is 0 Å². The van der Waals surface area contributed by atoms with Gasteiger partial charge in [-0.15, -0.1) is 0 Å². The Morgan fingerprint density at radius 1 is 1.00 bits per heavy atom. The minimum atomic E-state index is -0.547. The van der Waals surface area contributed by atoms with Gasteiger partial charge in [0.15, 0.2) is 0 Å². The second-order valence-corrected chi connectivity index (χ2v) is 10.6. The van der Waals surface area contributed by atoms with Gasteiger partial charge < -0.3 is 20.5 Å². The van der Waals surface area contributed by atoms with Crippen molar-refractivity contribution >= 4 is 28.4 Å². The Kier molecular flexibility index (Phi) is 8.36. The summed E-state index contributed by atoms with van der Waals surface area (Å²) in [5.41, 5.74) is 3.44. The largest absolute Gasteiger partial charge is 0.355 e. The van der Waals surface area contributed by atoms with Crippen LogP contribution in [-0.4, -0.2) is 56.0 Å². The van der Waals surface area contributed by atoms with E-state index in [-0.39, 0.29) is 24.0 Å². The van der Waals surface area contributed by atoms with E-state index in [4.69, 9.17) is 0 Å². The molecule has 0 aliphatic heterocycles. The highest BCUT2D eigenvalue weighted by atomic mass is 19.1. The van der Waals surface area contributed by atoms with Crippen LogP contribution in [0, 0.1) is 26.6 Å². The molecular formula is C32H33FN8O3. The van der Waals surface area contributed by atoms with Gasteiger partial charge in [0.05, 0.1) is 30.0 Å². The summed E-state index contributed by atoms with van der Waals surface area (Å²) in [4.78, 5) is 52.9. The second kappa shape index (κ2) is 12.2. The van der Waals surface area contributed by atoms with Crippen molar-refractivity contribution in [2.24, 2.45) is 0 Å². The van der Waals surface area contributed by atoms with Gasteiger partial charge in [-0.3, -0.25) is 19.0 Å². The van der Waals surface area contributed by atoms with Gasteiger partial charge in [0.25, 0.3) is 11.5 Å². The Morgan fingerprint density at radius 3 is 2.50 bits per heavy atom. The second-order valence-electron chi connectivity index (χ2n) is 10.6. The van der Waals surface area contributed by atoms with Gasteiger partial charge in [-0.25, -0.2) is 19.3 Å². The summed E-state index contributed by atoms with van der Waals surface area (Å²) in [7, 11) is 3.19. The third-order valence-corrected chi connectivity index (χ3v) is 7.51. The lowest BCUT2D eigenvalue weighted by Crippen LogP contribution is -2.38. The first-order valence-electron chi connectivity index (χ1n) is 14.0. The molecule has 2 amide bonds. The minimum Gasteiger partial charge on any atom is -0.355 e. The van der Waals surface area contributed by atoms with E-state index in [1.54, 1.807) is 58.3 Å². The highest BCUT2D eigenvalue weighted by Crippen LogP contribution is 2.26. The molecule has 0 unspecified atom stereocenters. The van der Waals surface area contributed by atoms with Crippen LogP contribution in [0.3, 0.4) is 0 Å². The SMILES string of the molecule is CNC(=O)c1ccc(C)c(-c2ncc(NC(=O)[C@H](C)NC)c(=O)n2Cc2cc(-n3cc(C)c4cc(F)ccc43)nc(C)n2)c1. The number of aryl methyl sites for hydroxylation is 3.